The second-order valence-electron chi connectivity index (χ2n) is 9.43. The number of benzene rings is 1. The van der Waals surface area contributed by atoms with Gasteiger partial charge in [-0.25, -0.2) is 0 Å². The number of ether oxygens (including phenoxy) is 1. The van der Waals surface area contributed by atoms with E-state index in [-0.39, 0.29) is 12.0 Å². The zero-order valence-electron chi connectivity index (χ0n) is 16.9. The number of rotatable bonds is 6. The van der Waals surface area contributed by atoms with E-state index in [9.17, 15) is 4.79 Å². The third-order valence-corrected chi connectivity index (χ3v) is 11.3. The van der Waals surface area contributed by atoms with Gasteiger partial charge in [-0.1, -0.05) is 69.6 Å². The lowest BCUT2D eigenvalue weighted by molar-refractivity contribution is -0.155. The summed E-state index contributed by atoms with van der Waals surface area (Å²) in [7, 11) is -3.21. The van der Waals surface area contributed by atoms with Crippen LogP contribution in [0.2, 0.25) is 39.3 Å². The summed E-state index contributed by atoms with van der Waals surface area (Å²) >= 11 is 0. The third kappa shape index (κ3) is 6.53. The number of carbonyl (C=O) groups is 1. The number of esters is 1. The van der Waals surface area contributed by atoms with Gasteiger partial charge in [0.25, 0.3) is 0 Å². The molecule has 1 aromatic carbocycles. The Balaban J connectivity index is 3.26. The molecular formula is C19H35NO2Si2. The molecule has 0 bridgehead atoms. The molecule has 0 heterocycles. The zero-order chi connectivity index (χ0) is 18.8. The molecule has 0 N–H and O–H groups in total. The quantitative estimate of drug-likeness (QED) is 0.497. The van der Waals surface area contributed by atoms with Gasteiger partial charge in [0.2, 0.25) is 0 Å². The number of nitrogens with zero attached hydrogens (tertiary/aromatic N) is 1. The predicted octanol–water partition coefficient (Wildman–Crippen LogP) is 5.43. The Morgan fingerprint density at radius 1 is 1.00 bits per heavy atom. The van der Waals surface area contributed by atoms with Crippen LogP contribution in [0.25, 0.3) is 0 Å². The molecule has 1 atom stereocenters. The van der Waals surface area contributed by atoms with E-state index in [4.69, 9.17) is 4.74 Å². The van der Waals surface area contributed by atoms with Gasteiger partial charge in [-0.15, -0.1) is 0 Å². The van der Waals surface area contributed by atoms with Crippen molar-refractivity contribution < 1.29 is 9.53 Å². The van der Waals surface area contributed by atoms with Crippen LogP contribution in [0.1, 0.15) is 38.8 Å². The van der Waals surface area contributed by atoms with Crippen LogP contribution in [-0.2, 0) is 9.53 Å². The molecule has 5 heteroatoms. The maximum Gasteiger partial charge on any atom is 0.308 e. The predicted molar refractivity (Wildman–Crippen MR) is 108 cm³/mol. The van der Waals surface area contributed by atoms with E-state index in [1.165, 1.54) is 5.56 Å². The molecule has 1 rings (SSSR count). The molecule has 0 aromatic heterocycles. The molecule has 0 amide bonds. The monoisotopic (exact) mass is 365 g/mol. The summed E-state index contributed by atoms with van der Waals surface area (Å²) in [5.41, 5.74) is 0.773. The van der Waals surface area contributed by atoms with Gasteiger partial charge >= 0.3 is 5.97 Å². The number of hydrogen-bond donors (Lipinski definition) is 0. The molecule has 0 unspecified atom stereocenters. The van der Waals surface area contributed by atoms with Crippen molar-refractivity contribution in [2.45, 2.75) is 78.1 Å². The number of carbonyl (C=O) groups excluding carboxylic acids is 1. The maximum atomic E-state index is 12.6. The topological polar surface area (TPSA) is 29.5 Å². The van der Waals surface area contributed by atoms with Crippen molar-refractivity contribution in [2.75, 3.05) is 0 Å². The second-order valence-corrected chi connectivity index (χ2v) is 19.5. The van der Waals surface area contributed by atoms with Crippen molar-refractivity contribution in [3.05, 3.63) is 35.9 Å². The van der Waals surface area contributed by atoms with E-state index < -0.39 is 22.1 Å². The first-order valence-corrected chi connectivity index (χ1v) is 15.7. The Labute approximate surface area is 150 Å². The normalized spacial score (nSPS) is 14.6. The minimum Gasteiger partial charge on any atom is -0.460 e. The Hall–Kier alpha value is -0.916. The van der Waals surface area contributed by atoms with E-state index in [1.54, 1.807) is 0 Å². The molecule has 0 aliphatic rings. The van der Waals surface area contributed by atoms with Crippen molar-refractivity contribution in [1.29, 1.82) is 0 Å². The van der Waals surface area contributed by atoms with E-state index >= 15 is 0 Å². The summed E-state index contributed by atoms with van der Waals surface area (Å²) in [5.74, 6) is -0.113. The van der Waals surface area contributed by atoms with E-state index in [1.807, 2.05) is 26.8 Å². The first kappa shape index (κ1) is 21.1. The highest BCUT2D eigenvalue weighted by Gasteiger charge is 2.41. The standard InChI is InChI=1S/C19H35NO2Si2/c1-19(2,3)22-18(21)15-17(16-13-11-10-12-14-16)20(23(4,5)6)24(7,8)9/h10-14,17H,15H2,1-9H3/t17-/m1/s1. The molecule has 0 fully saturated rings. The Kier molecular flexibility index (Phi) is 6.64. The Bertz CT molecular complexity index is 525. The first-order valence-electron chi connectivity index (χ1n) is 8.78. The highest BCUT2D eigenvalue weighted by Crippen LogP contribution is 2.35. The van der Waals surface area contributed by atoms with Gasteiger partial charge in [0, 0.05) is 6.04 Å². The van der Waals surface area contributed by atoms with Gasteiger partial charge in [-0.2, -0.15) is 0 Å². The van der Waals surface area contributed by atoms with Crippen LogP contribution in [0.15, 0.2) is 30.3 Å². The fourth-order valence-corrected chi connectivity index (χ4v) is 13.9. The molecule has 0 saturated heterocycles. The third-order valence-electron chi connectivity index (χ3n) is 3.72. The SMILES string of the molecule is CC(C)(C)OC(=O)C[C@H](c1ccccc1)N([Si](C)(C)C)[Si](C)(C)C. The van der Waals surface area contributed by atoms with Crippen LogP contribution in [0.3, 0.4) is 0 Å². The summed E-state index contributed by atoms with van der Waals surface area (Å²) in [6, 6.07) is 10.5. The molecule has 0 radical (unpaired) electrons. The molecule has 136 valence electrons. The van der Waals surface area contributed by atoms with Crippen LogP contribution in [0, 0.1) is 0 Å². The van der Waals surface area contributed by atoms with Crippen molar-refractivity contribution in [3.63, 3.8) is 0 Å². The highest BCUT2D eigenvalue weighted by molar-refractivity contribution is 6.89. The van der Waals surface area contributed by atoms with Crippen LogP contribution in [0.5, 0.6) is 0 Å². The largest absolute Gasteiger partial charge is 0.460 e. The van der Waals surface area contributed by atoms with Crippen LogP contribution in [0.4, 0.5) is 0 Å². The molecule has 0 spiro atoms. The molecule has 0 aliphatic heterocycles. The Morgan fingerprint density at radius 3 is 1.83 bits per heavy atom. The van der Waals surface area contributed by atoms with Gasteiger partial charge in [0.15, 0.2) is 0 Å². The molecule has 3 nitrogen and oxygen atoms in total. The highest BCUT2D eigenvalue weighted by atomic mass is 28.4. The molecule has 0 aliphatic carbocycles. The van der Waals surface area contributed by atoms with Crippen molar-refractivity contribution in [2.24, 2.45) is 0 Å². The second kappa shape index (κ2) is 7.54. The lowest BCUT2D eigenvalue weighted by Gasteiger charge is -2.48. The minimum absolute atomic E-state index is 0.0967. The Morgan fingerprint density at radius 2 is 1.46 bits per heavy atom. The minimum atomic E-state index is -1.61. The average Bonchev–Trinajstić information content (AvgIpc) is 2.33. The van der Waals surface area contributed by atoms with Crippen molar-refractivity contribution in [3.8, 4) is 0 Å². The zero-order valence-corrected chi connectivity index (χ0v) is 18.9. The fraction of sp³-hybridized carbons (Fsp3) is 0.632. The molecule has 24 heavy (non-hydrogen) atoms. The molecular weight excluding hydrogens is 330 g/mol. The summed E-state index contributed by atoms with van der Waals surface area (Å²) in [4.78, 5) is 12.6. The van der Waals surface area contributed by atoms with Crippen LogP contribution in [-0.4, -0.2) is 32.3 Å². The summed E-state index contributed by atoms with van der Waals surface area (Å²) in [6.45, 7) is 20.0. The van der Waals surface area contributed by atoms with E-state index in [0.29, 0.717) is 6.42 Å². The van der Waals surface area contributed by atoms with Gasteiger partial charge in [0.05, 0.1) is 6.42 Å². The summed E-state index contributed by atoms with van der Waals surface area (Å²) in [6.07, 6.45) is 0.413. The van der Waals surface area contributed by atoms with Crippen molar-refractivity contribution >= 4 is 22.4 Å². The van der Waals surface area contributed by atoms with Gasteiger partial charge < -0.3 is 8.97 Å². The van der Waals surface area contributed by atoms with Gasteiger partial charge in [0.1, 0.15) is 22.1 Å². The fourth-order valence-electron chi connectivity index (χ4n) is 3.52. The molecule has 0 saturated carbocycles. The van der Waals surface area contributed by atoms with Crippen molar-refractivity contribution in [1.82, 2.24) is 4.23 Å². The lowest BCUT2D eigenvalue weighted by Crippen LogP contribution is -2.60. The smallest absolute Gasteiger partial charge is 0.308 e. The first-order chi connectivity index (χ1) is 10.7. The average molecular weight is 366 g/mol. The van der Waals surface area contributed by atoms with Gasteiger partial charge in [-0.05, 0) is 26.3 Å². The summed E-state index contributed by atoms with van der Waals surface area (Å²) < 4.78 is 8.32. The van der Waals surface area contributed by atoms with E-state index in [0.717, 1.165) is 0 Å². The number of hydrogen-bond acceptors (Lipinski definition) is 3. The molecule has 1 aromatic rings. The van der Waals surface area contributed by atoms with E-state index in [2.05, 4.69) is 67.8 Å². The van der Waals surface area contributed by atoms with Crippen LogP contribution >= 0.6 is 0 Å². The summed E-state index contributed by atoms with van der Waals surface area (Å²) in [5, 5.41) is 0. The van der Waals surface area contributed by atoms with Crippen LogP contribution < -0.4 is 0 Å². The lowest BCUT2D eigenvalue weighted by atomic mass is 10.0. The maximum absolute atomic E-state index is 12.6. The van der Waals surface area contributed by atoms with Gasteiger partial charge in [-0.3, -0.25) is 4.79 Å².